The number of hydrogen-bond acceptors (Lipinski definition) is 2. The second kappa shape index (κ2) is 12.9. The quantitative estimate of drug-likeness (QED) is 0.169. The molecule has 0 aliphatic carbocycles. The van der Waals surface area contributed by atoms with Crippen molar-refractivity contribution < 1.29 is 9.53 Å². The molecule has 5 aromatic carbocycles. The molecule has 1 unspecified atom stereocenters. The Labute approximate surface area is 235 Å². The van der Waals surface area contributed by atoms with Crippen LogP contribution in [0.5, 0.6) is 5.75 Å². The average Bonchev–Trinajstić information content (AvgIpc) is 3.01. The predicted octanol–water partition coefficient (Wildman–Crippen LogP) is 8.36. The summed E-state index contributed by atoms with van der Waals surface area (Å²) in [5.41, 5.74) is 4.93. The molecule has 39 heavy (non-hydrogen) atoms. The first kappa shape index (κ1) is 26.3. The Morgan fingerprint density at radius 2 is 1.05 bits per heavy atom. The lowest BCUT2D eigenvalue weighted by Crippen LogP contribution is -2.37. The molecule has 0 saturated heterocycles. The number of halogens is 1. The van der Waals surface area contributed by atoms with E-state index in [-0.39, 0.29) is 11.9 Å². The van der Waals surface area contributed by atoms with E-state index in [0.717, 1.165) is 33.6 Å². The smallest absolute Gasteiger partial charge is 0.246 e. The highest BCUT2D eigenvalue weighted by Gasteiger charge is 2.31. The molecular formula is C35H30ClNO2. The molecule has 0 heterocycles. The van der Waals surface area contributed by atoms with Crippen LogP contribution in [0.4, 0.5) is 0 Å². The summed E-state index contributed by atoms with van der Waals surface area (Å²) in [4.78, 5) is 16.0. The SMILES string of the molecule is O=C(C(Cl)c1ccccc1)N(Cc1ccc(OCc2ccccc2)cc1)C(c1ccccc1)c1ccccc1. The van der Waals surface area contributed by atoms with E-state index in [4.69, 9.17) is 16.3 Å². The molecule has 3 nitrogen and oxygen atoms in total. The highest BCUT2D eigenvalue weighted by Crippen LogP contribution is 2.34. The van der Waals surface area contributed by atoms with Crippen molar-refractivity contribution >= 4 is 17.5 Å². The molecule has 4 heteroatoms. The summed E-state index contributed by atoms with van der Waals surface area (Å²) in [7, 11) is 0. The minimum Gasteiger partial charge on any atom is -0.489 e. The maximum absolute atomic E-state index is 14.1. The monoisotopic (exact) mass is 531 g/mol. The number of ether oxygens (including phenoxy) is 1. The molecule has 194 valence electrons. The van der Waals surface area contributed by atoms with Gasteiger partial charge in [0, 0.05) is 6.54 Å². The lowest BCUT2D eigenvalue weighted by molar-refractivity contribution is -0.133. The fourth-order valence-corrected chi connectivity index (χ4v) is 4.93. The van der Waals surface area contributed by atoms with Gasteiger partial charge in [-0.3, -0.25) is 4.79 Å². The third-order valence-electron chi connectivity index (χ3n) is 6.66. The van der Waals surface area contributed by atoms with Gasteiger partial charge in [-0.15, -0.1) is 11.6 Å². The number of carbonyl (C=O) groups is 1. The van der Waals surface area contributed by atoms with Crippen molar-refractivity contribution in [3.05, 3.63) is 173 Å². The zero-order valence-corrected chi connectivity index (χ0v) is 22.3. The van der Waals surface area contributed by atoms with E-state index in [0.29, 0.717) is 13.2 Å². The number of rotatable bonds is 10. The van der Waals surface area contributed by atoms with E-state index in [1.165, 1.54) is 0 Å². The molecule has 1 amide bonds. The predicted molar refractivity (Wildman–Crippen MR) is 158 cm³/mol. The summed E-state index contributed by atoms with van der Waals surface area (Å²) in [6.45, 7) is 0.891. The van der Waals surface area contributed by atoms with Crippen LogP contribution in [-0.2, 0) is 17.9 Å². The van der Waals surface area contributed by atoms with Crippen LogP contribution in [0, 0.1) is 0 Å². The summed E-state index contributed by atoms with van der Waals surface area (Å²) >= 11 is 6.85. The molecule has 0 radical (unpaired) electrons. The maximum atomic E-state index is 14.1. The molecule has 0 bridgehead atoms. The summed E-state index contributed by atoms with van der Waals surface area (Å²) in [5, 5.41) is -0.811. The van der Waals surface area contributed by atoms with Crippen molar-refractivity contribution in [2.75, 3.05) is 0 Å². The van der Waals surface area contributed by atoms with E-state index in [1.807, 2.05) is 126 Å². The summed E-state index contributed by atoms with van der Waals surface area (Å²) in [6, 6.07) is 47.5. The molecular weight excluding hydrogens is 502 g/mol. The standard InChI is InChI=1S/C35H30ClNO2/c36-33(29-15-7-2-8-16-29)35(38)37(34(30-17-9-3-10-18-30)31-19-11-4-12-20-31)25-27-21-23-32(24-22-27)39-26-28-13-5-1-6-14-28/h1-24,33-34H,25-26H2. The second-order valence-corrected chi connectivity index (χ2v) is 9.82. The third kappa shape index (κ3) is 6.76. The molecule has 5 aromatic rings. The van der Waals surface area contributed by atoms with Crippen molar-refractivity contribution in [3.8, 4) is 5.75 Å². The molecule has 0 saturated carbocycles. The van der Waals surface area contributed by atoms with Crippen molar-refractivity contribution in [1.82, 2.24) is 4.90 Å². The summed E-state index contributed by atoms with van der Waals surface area (Å²) < 4.78 is 5.98. The minimum atomic E-state index is -0.811. The summed E-state index contributed by atoms with van der Waals surface area (Å²) in [5.74, 6) is 0.632. The Hall–Kier alpha value is -4.34. The van der Waals surface area contributed by atoms with Crippen LogP contribution >= 0.6 is 11.6 Å². The first-order valence-electron chi connectivity index (χ1n) is 13.0. The normalized spacial score (nSPS) is 11.6. The van der Waals surface area contributed by atoms with Gasteiger partial charge >= 0.3 is 0 Å². The molecule has 0 fully saturated rings. The van der Waals surface area contributed by atoms with Gasteiger partial charge in [0.15, 0.2) is 0 Å². The third-order valence-corrected chi connectivity index (χ3v) is 7.10. The lowest BCUT2D eigenvalue weighted by atomic mass is 9.95. The van der Waals surface area contributed by atoms with Crippen LogP contribution in [0.2, 0.25) is 0 Å². The van der Waals surface area contributed by atoms with Crippen LogP contribution in [0.3, 0.4) is 0 Å². The number of nitrogens with zero attached hydrogens (tertiary/aromatic N) is 1. The van der Waals surface area contributed by atoms with Gasteiger partial charge in [-0.1, -0.05) is 133 Å². The first-order chi connectivity index (χ1) is 19.2. The zero-order chi connectivity index (χ0) is 26.9. The molecule has 1 atom stereocenters. The Morgan fingerprint density at radius 3 is 1.56 bits per heavy atom. The van der Waals surface area contributed by atoms with Crippen molar-refractivity contribution in [3.63, 3.8) is 0 Å². The second-order valence-electron chi connectivity index (χ2n) is 9.38. The fourth-order valence-electron chi connectivity index (χ4n) is 4.66. The topological polar surface area (TPSA) is 29.5 Å². The Kier molecular flexibility index (Phi) is 8.72. The number of alkyl halides is 1. The van der Waals surface area contributed by atoms with Gasteiger partial charge in [-0.25, -0.2) is 0 Å². The number of carbonyl (C=O) groups excluding carboxylic acids is 1. The zero-order valence-electron chi connectivity index (χ0n) is 21.6. The highest BCUT2D eigenvalue weighted by atomic mass is 35.5. The number of hydrogen-bond donors (Lipinski definition) is 0. The molecule has 5 rings (SSSR count). The van der Waals surface area contributed by atoms with E-state index in [9.17, 15) is 4.79 Å². The molecule has 0 aliphatic heterocycles. The Morgan fingerprint density at radius 1 is 0.590 bits per heavy atom. The Balaban J connectivity index is 1.46. The minimum absolute atomic E-state index is 0.148. The van der Waals surface area contributed by atoms with Gasteiger partial charge in [0.2, 0.25) is 5.91 Å². The van der Waals surface area contributed by atoms with Crippen molar-refractivity contribution in [1.29, 1.82) is 0 Å². The molecule has 0 spiro atoms. The summed E-state index contributed by atoms with van der Waals surface area (Å²) in [6.07, 6.45) is 0. The van der Waals surface area contributed by atoms with E-state index in [2.05, 4.69) is 24.3 Å². The van der Waals surface area contributed by atoms with Gasteiger partial charge in [0.1, 0.15) is 17.7 Å². The van der Waals surface area contributed by atoms with Gasteiger partial charge in [-0.05, 0) is 39.9 Å². The maximum Gasteiger partial charge on any atom is 0.246 e. The van der Waals surface area contributed by atoms with Gasteiger partial charge in [0.25, 0.3) is 0 Å². The van der Waals surface area contributed by atoms with Crippen LogP contribution in [0.15, 0.2) is 146 Å². The Bertz CT molecular complexity index is 1400. The number of benzene rings is 5. The van der Waals surface area contributed by atoms with E-state index < -0.39 is 5.38 Å². The largest absolute Gasteiger partial charge is 0.489 e. The average molecular weight is 532 g/mol. The molecule has 0 N–H and O–H groups in total. The lowest BCUT2D eigenvalue weighted by Gasteiger charge is -2.34. The van der Waals surface area contributed by atoms with Crippen LogP contribution in [0.1, 0.15) is 39.2 Å². The van der Waals surface area contributed by atoms with Crippen molar-refractivity contribution in [2.24, 2.45) is 0 Å². The van der Waals surface area contributed by atoms with Gasteiger partial charge in [-0.2, -0.15) is 0 Å². The van der Waals surface area contributed by atoms with Crippen LogP contribution in [-0.4, -0.2) is 10.8 Å². The fraction of sp³-hybridized carbons (Fsp3) is 0.114. The van der Waals surface area contributed by atoms with Gasteiger partial charge < -0.3 is 9.64 Å². The van der Waals surface area contributed by atoms with Crippen molar-refractivity contribution in [2.45, 2.75) is 24.6 Å². The van der Waals surface area contributed by atoms with Crippen LogP contribution in [0.25, 0.3) is 0 Å². The van der Waals surface area contributed by atoms with E-state index >= 15 is 0 Å². The van der Waals surface area contributed by atoms with E-state index in [1.54, 1.807) is 0 Å². The molecule has 0 aromatic heterocycles. The van der Waals surface area contributed by atoms with Gasteiger partial charge in [0.05, 0.1) is 6.04 Å². The first-order valence-corrected chi connectivity index (χ1v) is 13.5. The highest BCUT2D eigenvalue weighted by molar-refractivity contribution is 6.30. The number of amides is 1. The molecule has 0 aliphatic rings. The van der Waals surface area contributed by atoms with Crippen LogP contribution < -0.4 is 4.74 Å².